The summed E-state index contributed by atoms with van der Waals surface area (Å²) < 4.78 is 17.4. The van der Waals surface area contributed by atoms with Crippen molar-refractivity contribution in [2.24, 2.45) is 0 Å². The van der Waals surface area contributed by atoms with Gasteiger partial charge in [-0.15, -0.1) is 0 Å². The fourth-order valence-corrected chi connectivity index (χ4v) is 8.21. The molecule has 0 spiro atoms. The smallest absolute Gasteiger partial charge is 0.362 e. The lowest BCUT2D eigenvalue weighted by atomic mass is 10.0. The van der Waals surface area contributed by atoms with E-state index in [1.54, 1.807) is 0 Å². The van der Waals surface area contributed by atoms with Crippen molar-refractivity contribution in [2.45, 2.75) is 276 Å². The Balaban J connectivity index is 4.18. The molecular weight excluding hydrogens is 751 g/mol. The maximum Gasteiger partial charge on any atom is 0.362 e. The van der Waals surface area contributed by atoms with E-state index in [0.29, 0.717) is 19.3 Å². The van der Waals surface area contributed by atoms with Crippen molar-refractivity contribution in [1.82, 2.24) is 0 Å². The second-order valence-electron chi connectivity index (χ2n) is 19.1. The molecule has 2 unspecified atom stereocenters. The third-order valence-corrected chi connectivity index (χ3v) is 12.3. The van der Waals surface area contributed by atoms with Crippen LogP contribution in [0.25, 0.3) is 0 Å². The van der Waals surface area contributed by atoms with Gasteiger partial charge in [0.15, 0.2) is 12.1 Å². The third kappa shape index (κ3) is 41.7. The number of carboxylic acids is 1. The minimum atomic E-state index is -0.869. The zero-order valence-electron chi connectivity index (χ0n) is 40.7. The molecule has 0 heterocycles. The number of carboxylic acid groups (broad SMARTS) is 1. The summed E-state index contributed by atoms with van der Waals surface area (Å²) in [6.07, 6.45) is 47.2. The van der Waals surface area contributed by atoms with E-state index >= 15 is 0 Å². The van der Waals surface area contributed by atoms with E-state index in [9.17, 15) is 19.5 Å². The Morgan fingerprint density at radius 2 is 0.733 bits per heavy atom. The number of unbranched alkanes of at least 4 members (excludes halogenated alkanes) is 34. The molecule has 0 aromatic carbocycles. The van der Waals surface area contributed by atoms with Crippen LogP contribution in [0.5, 0.6) is 0 Å². The first kappa shape index (κ1) is 58.3. The summed E-state index contributed by atoms with van der Waals surface area (Å²) >= 11 is 0. The molecule has 0 radical (unpaired) electrons. The number of likely N-dealkylation sites (N-methyl/N-ethyl adjacent to an activating group) is 1. The van der Waals surface area contributed by atoms with Crippen LogP contribution >= 0.6 is 0 Å². The van der Waals surface area contributed by atoms with Gasteiger partial charge in [-0.1, -0.05) is 232 Å². The molecule has 8 nitrogen and oxygen atoms in total. The highest BCUT2D eigenvalue weighted by Gasteiger charge is 2.31. The number of aliphatic carboxylic acids is 1. The van der Waals surface area contributed by atoms with Gasteiger partial charge in [0.25, 0.3) is 0 Å². The molecule has 356 valence electrons. The number of hydrogen-bond donors (Lipinski definition) is 1. The number of hydrogen-bond acceptors (Lipinski definition) is 6. The summed E-state index contributed by atoms with van der Waals surface area (Å²) in [5.41, 5.74) is 0. The van der Waals surface area contributed by atoms with Gasteiger partial charge in [-0.3, -0.25) is 9.59 Å². The molecule has 0 aliphatic carbocycles. The molecule has 0 aromatic rings. The number of carbonyl (C=O) groups is 3. The Hall–Kier alpha value is -1.67. The topological polar surface area (TPSA) is 99.1 Å². The van der Waals surface area contributed by atoms with E-state index in [1.165, 1.54) is 193 Å². The van der Waals surface area contributed by atoms with E-state index < -0.39 is 18.1 Å². The van der Waals surface area contributed by atoms with Crippen molar-refractivity contribution in [3.05, 3.63) is 0 Å². The van der Waals surface area contributed by atoms with Crippen LogP contribution in [0.3, 0.4) is 0 Å². The molecule has 0 aliphatic rings. The maximum absolute atomic E-state index is 12.8. The quantitative estimate of drug-likeness (QED) is 0.0370. The van der Waals surface area contributed by atoms with Crippen molar-refractivity contribution in [3.8, 4) is 0 Å². The van der Waals surface area contributed by atoms with Crippen LogP contribution < -0.4 is 0 Å². The van der Waals surface area contributed by atoms with Crippen molar-refractivity contribution in [1.29, 1.82) is 0 Å². The maximum atomic E-state index is 12.8. The Labute approximate surface area is 372 Å². The summed E-state index contributed by atoms with van der Waals surface area (Å²) in [5.74, 6) is -1.44. The first-order valence-electron chi connectivity index (χ1n) is 26.1. The lowest BCUT2D eigenvalue weighted by Crippen LogP contribution is -2.50. The first-order chi connectivity index (χ1) is 29.1. The summed E-state index contributed by atoms with van der Waals surface area (Å²) in [5, 5.41) is 9.65. The molecule has 8 heteroatoms. The molecule has 0 aromatic heterocycles. The Morgan fingerprint density at radius 1 is 0.433 bits per heavy atom. The number of carbonyl (C=O) groups excluding carboxylic acids is 2. The first-order valence-corrected chi connectivity index (χ1v) is 26.1. The van der Waals surface area contributed by atoms with Gasteiger partial charge in [0.2, 0.25) is 0 Å². The van der Waals surface area contributed by atoms with Gasteiger partial charge in [-0.05, 0) is 12.8 Å². The molecular formula is C52H102NO7+. The highest BCUT2D eigenvalue weighted by Crippen LogP contribution is 2.17. The Morgan fingerprint density at radius 3 is 1.03 bits per heavy atom. The van der Waals surface area contributed by atoms with E-state index in [4.69, 9.17) is 14.2 Å². The lowest BCUT2D eigenvalue weighted by Gasteiger charge is -2.31. The van der Waals surface area contributed by atoms with Crippen LogP contribution in [-0.4, -0.2) is 80.6 Å². The highest BCUT2D eigenvalue weighted by atomic mass is 16.6. The van der Waals surface area contributed by atoms with E-state index in [2.05, 4.69) is 13.8 Å². The van der Waals surface area contributed by atoms with Gasteiger partial charge in [0.05, 0.1) is 34.4 Å². The number of ether oxygens (including phenoxy) is 3. The van der Waals surface area contributed by atoms with Crippen molar-refractivity contribution < 1.29 is 38.2 Å². The molecule has 0 saturated carbocycles. The normalized spacial score (nSPS) is 12.8. The van der Waals surface area contributed by atoms with Gasteiger partial charge >= 0.3 is 17.9 Å². The minimum absolute atomic E-state index is 0.0413. The van der Waals surface area contributed by atoms with Gasteiger partial charge < -0.3 is 23.8 Å². The molecule has 0 bridgehead atoms. The summed E-state index contributed by atoms with van der Waals surface area (Å²) in [7, 11) is 5.55. The summed E-state index contributed by atoms with van der Waals surface area (Å²) in [6.45, 7) is 4.80. The average Bonchev–Trinajstić information content (AvgIpc) is 3.21. The third-order valence-electron chi connectivity index (χ3n) is 12.3. The lowest BCUT2D eigenvalue weighted by molar-refractivity contribution is -0.887. The molecule has 0 fully saturated rings. The zero-order valence-corrected chi connectivity index (χ0v) is 40.7. The van der Waals surface area contributed by atoms with Crippen LogP contribution in [0, 0.1) is 0 Å². The summed E-state index contributed by atoms with van der Waals surface area (Å²) in [4.78, 5) is 37.1. The number of esters is 2. The fraction of sp³-hybridized carbons (Fsp3) is 0.942. The average molecular weight is 853 g/mol. The van der Waals surface area contributed by atoms with Crippen molar-refractivity contribution in [3.63, 3.8) is 0 Å². The van der Waals surface area contributed by atoms with Crippen LogP contribution in [0.15, 0.2) is 0 Å². The highest BCUT2D eigenvalue weighted by molar-refractivity contribution is 5.72. The minimum Gasteiger partial charge on any atom is -0.477 e. The monoisotopic (exact) mass is 853 g/mol. The number of rotatable bonds is 48. The largest absolute Gasteiger partial charge is 0.477 e. The molecule has 0 amide bonds. The molecule has 2 atom stereocenters. The van der Waals surface area contributed by atoms with Crippen LogP contribution in [0.1, 0.15) is 264 Å². The van der Waals surface area contributed by atoms with Gasteiger partial charge in [-0.25, -0.2) is 4.79 Å². The molecule has 0 aliphatic heterocycles. The van der Waals surface area contributed by atoms with Crippen LogP contribution in [-0.2, 0) is 28.6 Å². The van der Waals surface area contributed by atoms with Gasteiger partial charge in [-0.2, -0.15) is 0 Å². The number of quaternary nitrogens is 1. The van der Waals surface area contributed by atoms with E-state index in [-0.39, 0.29) is 36.2 Å². The second-order valence-corrected chi connectivity index (χ2v) is 19.1. The zero-order chi connectivity index (χ0) is 44.2. The molecule has 0 saturated heterocycles. The molecule has 0 rings (SSSR count). The summed E-state index contributed by atoms with van der Waals surface area (Å²) in [6, 6.07) is -0.609. The molecule has 60 heavy (non-hydrogen) atoms. The Kier molecular flexibility index (Phi) is 42.7. The van der Waals surface area contributed by atoms with Gasteiger partial charge in [0.1, 0.15) is 6.61 Å². The van der Waals surface area contributed by atoms with E-state index in [1.807, 2.05) is 21.1 Å². The van der Waals surface area contributed by atoms with Crippen molar-refractivity contribution in [2.75, 3.05) is 41.0 Å². The van der Waals surface area contributed by atoms with E-state index in [0.717, 1.165) is 38.5 Å². The standard InChI is InChI=1S/C52H101NO7/c1-6-8-10-12-14-16-18-20-22-24-25-27-29-31-33-35-37-39-41-43-51(55)60-48(46-58-45-44-49(52(56)57)53(3,4)5)47-59-50(54)42-40-38-36-34-32-30-28-26-23-21-19-17-15-13-11-9-7-2/h48-49H,6-47H2,1-5H3/p+1. The Bertz CT molecular complexity index is 951. The van der Waals surface area contributed by atoms with Crippen molar-refractivity contribution >= 4 is 17.9 Å². The second kappa shape index (κ2) is 44.0. The van der Waals surface area contributed by atoms with Crippen LogP contribution in [0.4, 0.5) is 0 Å². The SMILES string of the molecule is CCCCCCCCCCCCCCCCCCCCCC(=O)OC(COCCC(C(=O)O)[N+](C)(C)C)COC(=O)CCCCCCCCCCCCCCCCCCC. The van der Waals surface area contributed by atoms with Crippen LogP contribution in [0.2, 0.25) is 0 Å². The predicted molar refractivity (Wildman–Crippen MR) is 253 cm³/mol. The molecule has 1 N–H and O–H groups in total. The fourth-order valence-electron chi connectivity index (χ4n) is 8.21. The van der Waals surface area contributed by atoms with Gasteiger partial charge in [0, 0.05) is 19.3 Å². The predicted octanol–water partition coefficient (Wildman–Crippen LogP) is 14.9. The number of nitrogens with zero attached hydrogens (tertiary/aromatic N) is 1.